The van der Waals surface area contributed by atoms with E-state index < -0.39 is 23.7 Å². The number of carboxylic acid groups (broad SMARTS) is 1. The van der Waals surface area contributed by atoms with E-state index in [9.17, 15) is 19.5 Å². The number of aliphatic carboxylic acids is 1. The fourth-order valence-electron chi connectivity index (χ4n) is 3.99. The summed E-state index contributed by atoms with van der Waals surface area (Å²) in [7, 11) is 2.97. The average Bonchev–Trinajstić information content (AvgIpc) is 3.08. The maximum absolute atomic E-state index is 13.1. The van der Waals surface area contributed by atoms with Crippen LogP contribution in [0.25, 0.3) is 5.76 Å². The molecule has 8 nitrogen and oxygen atoms in total. The molecule has 1 aliphatic rings. The molecule has 2 N–H and O–H groups in total. The number of methoxy groups -OCH3 is 2. The van der Waals surface area contributed by atoms with Crippen molar-refractivity contribution in [1.29, 1.82) is 0 Å². The van der Waals surface area contributed by atoms with Crippen molar-refractivity contribution in [3.05, 3.63) is 64.2 Å². The first-order valence-corrected chi connectivity index (χ1v) is 11.1. The number of unbranched alkanes of at least 4 members (excludes halogenated alkanes) is 2. The molecule has 1 heterocycles. The highest BCUT2D eigenvalue weighted by molar-refractivity contribution is 6.46. The third-order valence-electron chi connectivity index (χ3n) is 5.68. The molecule has 0 bridgehead atoms. The minimum absolute atomic E-state index is 0.0303. The number of carboxylic acids is 1. The summed E-state index contributed by atoms with van der Waals surface area (Å²) in [6, 6.07) is 10.4. The average molecular weight is 488 g/mol. The molecule has 2 aromatic rings. The van der Waals surface area contributed by atoms with Crippen LogP contribution in [0.2, 0.25) is 5.02 Å². The van der Waals surface area contributed by atoms with Gasteiger partial charge in [-0.2, -0.15) is 0 Å². The number of hydrogen-bond acceptors (Lipinski definition) is 6. The van der Waals surface area contributed by atoms with Crippen molar-refractivity contribution < 1.29 is 34.1 Å². The minimum atomic E-state index is -0.916. The number of Topliss-reactive ketones (excluding diaryl/α,β-unsaturated/α-hetero) is 1. The first-order chi connectivity index (χ1) is 16.3. The van der Waals surface area contributed by atoms with Gasteiger partial charge in [0.15, 0.2) is 0 Å². The number of carbonyl (C=O) groups is 3. The maximum Gasteiger partial charge on any atom is 0.303 e. The first kappa shape index (κ1) is 25.1. The van der Waals surface area contributed by atoms with Crippen LogP contribution in [0.15, 0.2) is 48.0 Å². The summed E-state index contributed by atoms with van der Waals surface area (Å²) in [5, 5.41) is 20.4. The van der Waals surface area contributed by atoms with E-state index in [0.717, 1.165) is 0 Å². The Bertz CT molecular complexity index is 1110. The highest BCUT2D eigenvalue weighted by Crippen LogP contribution is 2.44. The molecule has 0 spiro atoms. The fraction of sp³-hybridized carbons (Fsp3) is 0.320. The molecule has 34 heavy (non-hydrogen) atoms. The second-order valence-corrected chi connectivity index (χ2v) is 8.25. The number of ketones is 1. The summed E-state index contributed by atoms with van der Waals surface area (Å²) in [6.45, 7) is 0.201. The highest BCUT2D eigenvalue weighted by atomic mass is 35.5. The predicted molar refractivity (Wildman–Crippen MR) is 126 cm³/mol. The molecule has 3 rings (SSSR count). The van der Waals surface area contributed by atoms with E-state index in [-0.39, 0.29) is 24.3 Å². The minimum Gasteiger partial charge on any atom is -0.507 e. The van der Waals surface area contributed by atoms with Crippen LogP contribution in [0.4, 0.5) is 0 Å². The van der Waals surface area contributed by atoms with E-state index in [4.69, 9.17) is 26.2 Å². The topological polar surface area (TPSA) is 113 Å². The van der Waals surface area contributed by atoms with E-state index in [0.29, 0.717) is 46.9 Å². The number of hydrogen-bond donors (Lipinski definition) is 2. The van der Waals surface area contributed by atoms with Crippen LogP contribution in [-0.2, 0) is 14.4 Å². The van der Waals surface area contributed by atoms with Crippen LogP contribution in [0.5, 0.6) is 11.5 Å². The lowest BCUT2D eigenvalue weighted by Gasteiger charge is -2.27. The summed E-state index contributed by atoms with van der Waals surface area (Å²) < 4.78 is 10.8. The van der Waals surface area contributed by atoms with Crippen molar-refractivity contribution in [3.8, 4) is 11.5 Å². The van der Waals surface area contributed by atoms with E-state index in [1.165, 1.54) is 19.1 Å². The molecule has 180 valence electrons. The molecule has 0 unspecified atom stereocenters. The first-order valence-electron chi connectivity index (χ1n) is 10.8. The quantitative estimate of drug-likeness (QED) is 0.220. The summed E-state index contributed by atoms with van der Waals surface area (Å²) >= 11 is 5.96. The van der Waals surface area contributed by atoms with Gasteiger partial charge in [0.1, 0.15) is 17.3 Å². The van der Waals surface area contributed by atoms with E-state index in [1.54, 1.807) is 42.5 Å². The fourth-order valence-corrected chi connectivity index (χ4v) is 4.11. The zero-order valence-electron chi connectivity index (χ0n) is 18.9. The Morgan fingerprint density at radius 3 is 2.32 bits per heavy atom. The lowest BCUT2D eigenvalue weighted by atomic mass is 9.94. The molecule has 1 aliphatic heterocycles. The summed E-state index contributed by atoms with van der Waals surface area (Å²) in [6.07, 6.45) is 1.54. The number of amides is 1. The van der Waals surface area contributed by atoms with Gasteiger partial charge in [-0.1, -0.05) is 18.0 Å². The molecular formula is C25H26ClNO7. The summed E-state index contributed by atoms with van der Waals surface area (Å²) in [5.41, 5.74) is 0.766. The van der Waals surface area contributed by atoms with Crippen molar-refractivity contribution >= 4 is 35.0 Å². The van der Waals surface area contributed by atoms with Crippen LogP contribution in [0.1, 0.15) is 42.9 Å². The monoisotopic (exact) mass is 487 g/mol. The Labute approximate surface area is 202 Å². The van der Waals surface area contributed by atoms with Gasteiger partial charge in [0, 0.05) is 29.1 Å². The lowest BCUT2D eigenvalue weighted by Crippen LogP contribution is -2.31. The van der Waals surface area contributed by atoms with Gasteiger partial charge in [0.2, 0.25) is 0 Å². The summed E-state index contributed by atoms with van der Waals surface area (Å²) in [4.78, 5) is 38.4. The van der Waals surface area contributed by atoms with E-state index in [1.807, 2.05) is 0 Å². The number of likely N-dealkylation sites (tertiary alicyclic amines) is 1. The molecule has 1 fully saturated rings. The Balaban J connectivity index is 2.08. The van der Waals surface area contributed by atoms with Crippen molar-refractivity contribution in [1.82, 2.24) is 4.90 Å². The SMILES string of the molecule is COc1ccc(OC)c([C@@H]2C(=C(O)c3ccc(Cl)cc3)C(=O)C(=O)N2CCCCCC(=O)O)c1. The van der Waals surface area contributed by atoms with Crippen LogP contribution < -0.4 is 9.47 Å². The van der Waals surface area contributed by atoms with Gasteiger partial charge in [0.25, 0.3) is 11.7 Å². The van der Waals surface area contributed by atoms with Gasteiger partial charge in [0.05, 0.1) is 25.8 Å². The molecule has 0 aromatic heterocycles. The Hall–Kier alpha value is -3.52. The van der Waals surface area contributed by atoms with E-state index >= 15 is 0 Å². The standard InChI is InChI=1S/C25H26ClNO7/c1-33-17-11-12-19(34-2)18(14-17)22-21(23(30)15-7-9-16(26)10-8-15)24(31)25(32)27(22)13-5-3-4-6-20(28)29/h7-12,14,22,30H,3-6,13H2,1-2H3,(H,28,29)/t22-/m1/s1. The molecule has 1 atom stereocenters. The van der Waals surface area contributed by atoms with Crippen LogP contribution in [0.3, 0.4) is 0 Å². The van der Waals surface area contributed by atoms with Gasteiger partial charge < -0.3 is 24.6 Å². The van der Waals surface area contributed by atoms with Gasteiger partial charge in [-0.15, -0.1) is 0 Å². The number of aliphatic hydroxyl groups excluding tert-OH is 1. The van der Waals surface area contributed by atoms with Gasteiger partial charge in [-0.3, -0.25) is 14.4 Å². The molecule has 0 aliphatic carbocycles. The van der Waals surface area contributed by atoms with Gasteiger partial charge >= 0.3 is 5.97 Å². The number of nitrogens with zero attached hydrogens (tertiary/aromatic N) is 1. The highest BCUT2D eigenvalue weighted by Gasteiger charge is 2.47. The number of benzene rings is 2. The zero-order chi connectivity index (χ0) is 24.8. The van der Waals surface area contributed by atoms with Crippen molar-refractivity contribution in [3.63, 3.8) is 0 Å². The lowest BCUT2D eigenvalue weighted by molar-refractivity contribution is -0.140. The number of halogens is 1. The Kier molecular flexibility index (Phi) is 8.17. The second-order valence-electron chi connectivity index (χ2n) is 7.81. The van der Waals surface area contributed by atoms with Crippen molar-refractivity contribution in [2.45, 2.75) is 31.7 Å². The second kappa shape index (κ2) is 11.1. The smallest absolute Gasteiger partial charge is 0.303 e. The molecule has 0 saturated carbocycles. The molecular weight excluding hydrogens is 462 g/mol. The number of rotatable bonds is 10. The molecule has 1 amide bonds. The number of aliphatic hydroxyl groups is 1. The Morgan fingerprint density at radius 2 is 1.71 bits per heavy atom. The molecule has 2 aromatic carbocycles. The zero-order valence-corrected chi connectivity index (χ0v) is 19.7. The van der Waals surface area contributed by atoms with Crippen molar-refractivity contribution in [2.24, 2.45) is 0 Å². The molecule has 0 radical (unpaired) electrons. The van der Waals surface area contributed by atoms with Crippen LogP contribution in [-0.4, -0.2) is 53.5 Å². The third-order valence-corrected chi connectivity index (χ3v) is 5.93. The van der Waals surface area contributed by atoms with Crippen LogP contribution in [0, 0.1) is 0 Å². The third kappa shape index (κ3) is 5.34. The van der Waals surface area contributed by atoms with Crippen molar-refractivity contribution in [2.75, 3.05) is 20.8 Å². The van der Waals surface area contributed by atoms with Gasteiger partial charge in [-0.05, 0) is 55.3 Å². The maximum atomic E-state index is 13.1. The van der Waals surface area contributed by atoms with Crippen LogP contribution >= 0.6 is 11.6 Å². The summed E-state index contributed by atoms with van der Waals surface area (Å²) in [5.74, 6) is -1.85. The molecule has 1 saturated heterocycles. The molecule has 9 heteroatoms. The largest absolute Gasteiger partial charge is 0.507 e. The predicted octanol–water partition coefficient (Wildman–Crippen LogP) is 4.42. The van der Waals surface area contributed by atoms with Gasteiger partial charge in [-0.25, -0.2) is 0 Å². The normalized spacial score (nSPS) is 17.1. The Morgan fingerprint density at radius 1 is 1.00 bits per heavy atom. The number of carbonyl (C=O) groups excluding carboxylic acids is 2. The number of ether oxygens (including phenoxy) is 2. The van der Waals surface area contributed by atoms with E-state index in [2.05, 4.69) is 0 Å².